The smallest absolute Gasteiger partial charge is 0.188 e. The summed E-state index contributed by atoms with van der Waals surface area (Å²) < 4.78 is 0. The van der Waals surface area contributed by atoms with Gasteiger partial charge in [-0.25, -0.2) is 0 Å². The van der Waals surface area contributed by atoms with Crippen LogP contribution in [0, 0.1) is 5.92 Å². The molecule has 0 saturated carbocycles. The molecule has 0 bridgehead atoms. The molecule has 1 atom stereocenters. The van der Waals surface area contributed by atoms with Crippen LogP contribution in [0.25, 0.3) is 0 Å². The molecule has 0 fully saturated rings. The normalized spacial score (nSPS) is 13.2. The molecule has 0 aliphatic carbocycles. The topological polar surface area (TPSA) is 55.6 Å². The Labute approximate surface area is 105 Å². The standard InChI is InChI=1S/C11H17N5S/c1-8(2)11(9-5-4-6-17-9)12-7-10-13-15-16(3)14-10/h4-6,8,11-12H,7H2,1-3H3. The number of rotatable bonds is 5. The third-order valence-electron chi connectivity index (χ3n) is 2.55. The lowest BCUT2D eigenvalue weighted by Crippen LogP contribution is -2.25. The van der Waals surface area contributed by atoms with Crippen LogP contribution in [0.3, 0.4) is 0 Å². The fourth-order valence-electron chi connectivity index (χ4n) is 1.73. The van der Waals surface area contributed by atoms with Crippen LogP contribution in [-0.2, 0) is 13.6 Å². The Morgan fingerprint density at radius 1 is 1.47 bits per heavy atom. The van der Waals surface area contributed by atoms with Crippen molar-refractivity contribution in [1.29, 1.82) is 0 Å². The van der Waals surface area contributed by atoms with Crippen molar-refractivity contribution in [3.8, 4) is 0 Å². The van der Waals surface area contributed by atoms with E-state index in [2.05, 4.69) is 52.1 Å². The molecule has 0 radical (unpaired) electrons. The van der Waals surface area contributed by atoms with Crippen LogP contribution >= 0.6 is 11.3 Å². The second-order valence-corrected chi connectivity index (χ2v) is 5.29. The minimum atomic E-state index is 0.346. The summed E-state index contributed by atoms with van der Waals surface area (Å²) in [5.41, 5.74) is 0. The Morgan fingerprint density at radius 2 is 2.29 bits per heavy atom. The van der Waals surface area contributed by atoms with Crippen molar-refractivity contribution in [3.63, 3.8) is 0 Å². The molecule has 0 saturated heterocycles. The van der Waals surface area contributed by atoms with Gasteiger partial charge in [-0.05, 0) is 22.6 Å². The van der Waals surface area contributed by atoms with Crippen molar-refractivity contribution in [3.05, 3.63) is 28.2 Å². The van der Waals surface area contributed by atoms with Gasteiger partial charge in [0.15, 0.2) is 5.82 Å². The summed E-state index contributed by atoms with van der Waals surface area (Å²) in [6.45, 7) is 5.07. The summed E-state index contributed by atoms with van der Waals surface area (Å²) in [5, 5.41) is 17.5. The van der Waals surface area contributed by atoms with Crippen LogP contribution in [0.15, 0.2) is 17.5 Å². The molecule has 2 rings (SSSR count). The molecule has 5 nitrogen and oxygen atoms in total. The maximum absolute atomic E-state index is 4.16. The zero-order valence-electron chi connectivity index (χ0n) is 10.3. The number of tetrazole rings is 1. The quantitative estimate of drug-likeness (QED) is 0.879. The predicted molar refractivity (Wildman–Crippen MR) is 67.5 cm³/mol. The molecule has 6 heteroatoms. The summed E-state index contributed by atoms with van der Waals surface area (Å²) in [6.07, 6.45) is 0. The lowest BCUT2D eigenvalue weighted by Gasteiger charge is -2.20. The van der Waals surface area contributed by atoms with Crippen LogP contribution in [0.2, 0.25) is 0 Å². The van der Waals surface area contributed by atoms with Crippen LogP contribution in [0.1, 0.15) is 30.6 Å². The number of thiophene rings is 1. The average molecular weight is 251 g/mol. The summed E-state index contributed by atoms with van der Waals surface area (Å²) in [6, 6.07) is 4.59. The van der Waals surface area contributed by atoms with E-state index in [-0.39, 0.29) is 0 Å². The highest BCUT2D eigenvalue weighted by Gasteiger charge is 2.16. The van der Waals surface area contributed by atoms with Gasteiger partial charge < -0.3 is 5.32 Å². The molecule has 0 amide bonds. The molecule has 0 aliphatic heterocycles. The minimum absolute atomic E-state index is 0.346. The number of hydrogen-bond donors (Lipinski definition) is 1. The number of aromatic nitrogens is 4. The zero-order chi connectivity index (χ0) is 12.3. The molecule has 2 aromatic rings. The lowest BCUT2D eigenvalue weighted by atomic mass is 10.0. The maximum atomic E-state index is 4.16. The first-order valence-electron chi connectivity index (χ1n) is 5.66. The Balaban J connectivity index is 1.99. The van der Waals surface area contributed by atoms with Crippen molar-refractivity contribution in [2.75, 3.05) is 0 Å². The van der Waals surface area contributed by atoms with Crippen molar-refractivity contribution < 1.29 is 0 Å². The summed E-state index contributed by atoms with van der Waals surface area (Å²) in [7, 11) is 1.77. The lowest BCUT2D eigenvalue weighted by molar-refractivity contribution is 0.411. The van der Waals surface area contributed by atoms with Gasteiger partial charge in [0.25, 0.3) is 0 Å². The molecule has 92 valence electrons. The van der Waals surface area contributed by atoms with Gasteiger partial charge in [-0.15, -0.1) is 21.5 Å². The highest BCUT2D eigenvalue weighted by atomic mass is 32.1. The van der Waals surface area contributed by atoms with Crippen LogP contribution in [-0.4, -0.2) is 20.2 Å². The summed E-state index contributed by atoms with van der Waals surface area (Å²) in [4.78, 5) is 2.83. The van der Waals surface area contributed by atoms with Gasteiger partial charge in [0.2, 0.25) is 0 Å². The molecule has 2 heterocycles. The maximum Gasteiger partial charge on any atom is 0.188 e. The molecule has 0 spiro atoms. The molecular weight excluding hydrogens is 234 g/mol. The Bertz CT molecular complexity index is 448. The predicted octanol–water partition coefficient (Wildman–Crippen LogP) is 1.76. The number of nitrogens with zero attached hydrogens (tertiary/aromatic N) is 4. The van der Waals surface area contributed by atoms with Crippen LogP contribution in [0.4, 0.5) is 0 Å². The molecule has 0 aliphatic rings. The van der Waals surface area contributed by atoms with E-state index in [1.165, 1.54) is 9.67 Å². The third-order valence-corrected chi connectivity index (χ3v) is 3.50. The van der Waals surface area contributed by atoms with E-state index in [1.807, 2.05) is 0 Å². The van der Waals surface area contributed by atoms with Crippen molar-refractivity contribution >= 4 is 11.3 Å². The van der Waals surface area contributed by atoms with E-state index < -0.39 is 0 Å². The second-order valence-electron chi connectivity index (χ2n) is 4.31. The first kappa shape index (κ1) is 12.2. The minimum Gasteiger partial charge on any atom is -0.302 e. The van der Waals surface area contributed by atoms with Crippen molar-refractivity contribution in [2.45, 2.75) is 26.4 Å². The number of hydrogen-bond acceptors (Lipinski definition) is 5. The van der Waals surface area contributed by atoms with E-state index in [0.29, 0.717) is 18.5 Å². The second kappa shape index (κ2) is 5.37. The van der Waals surface area contributed by atoms with Crippen LogP contribution in [0.5, 0.6) is 0 Å². The van der Waals surface area contributed by atoms with Crippen molar-refractivity contribution in [1.82, 2.24) is 25.5 Å². The highest BCUT2D eigenvalue weighted by Crippen LogP contribution is 2.25. The van der Waals surface area contributed by atoms with E-state index in [4.69, 9.17) is 0 Å². The van der Waals surface area contributed by atoms with E-state index in [1.54, 1.807) is 18.4 Å². The van der Waals surface area contributed by atoms with Crippen LogP contribution < -0.4 is 5.32 Å². The fraction of sp³-hybridized carbons (Fsp3) is 0.545. The van der Waals surface area contributed by atoms with Gasteiger partial charge in [-0.1, -0.05) is 19.9 Å². The Morgan fingerprint density at radius 3 is 2.82 bits per heavy atom. The SMILES string of the molecule is CC(C)C(NCc1nnn(C)n1)c1cccs1. The number of nitrogens with one attached hydrogen (secondary N) is 1. The molecular formula is C11H17N5S. The Kier molecular flexibility index (Phi) is 3.86. The molecule has 17 heavy (non-hydrogen) atoms. The monoisotopic (exact) mass is 251 g/mol. The average Bonchev–Trinajstić information content (AvgIpc) is 2.90. The van der Waals surface area contributed by atoms with E-state index in [0.717, 1.165) is 5.82 Å². The van der Waals surface area contributed by atoms with E-state index in [9.17, 15) is 0 Å². The Hall–Kier alpha value is -1.27. The van der Waals surface area contributed by atoms with Gasteiger partial charge in [-0.2, -0.15) is 4.80 Å². The molecule has 0 aromatic carbocycles. The zero-order valence-corrected chi connectivity index (χ0v) is 11.1. The first-order valence-corrected chi connectivity index (χ1v) is 6.54. The third kappa shape index (κ3) is 3.10. The molecule has 1 unspecified atom stereocenters. The molecule has 1 N–H and O–H groups in total. The highest BCUT2D eigenvalue weighted by molar-refractivity contribution is 7.10. The number of aryl methyl sites for hydroxylation is 1. The summed E-state index contributed by atoms with van der Waals surface area (Å²) >= 11 is 1.78. The van der Waals surface area contributed by atoms with Gasteiger partial charge in [0.05, 0.1) is 13.6 Å². The largest absolute Gasteiger partial charge is 0.302 e. The van der Waals surface area contributed by atoms with Gasteiger partial charge >= 0.3 is 0 Å². The van der Waals surface area contributed by atoms with E-state index >= 15 is 0 Å². The van der Waals surface area contributed by atoms with Crippen molar-refractivity contribution in [2.24, 2.45) is 13.0 Å². The van der Waals surface area contributed by atoms with Gasteiger partial charge in [0, 0.05) is 10.9 Å². The fourth-order valence-corrected chi connectivity index (χ4v) is 2.70. The van der Waals surface area contributed by atoms with Gasteiger partial charge in [-0.3, -0.25) is 0 Å². The van der Waals surface area contributed by atoms with Gasteiger partial charge in [0.1, 0.15) is 0 Å². The molecule has 2 aromatic heterocycles. The first-order chi connectivity index (χ1) is 8.16. The summed E-state index contributed by atoms with van der Waals surface area (Å²) in [5.74, 6) is 1.26.